The Hall–Kier alpha value is 0.250. The number of ether oxygens (including phenoxy) is 2. The first-order valence-corrected chi connectivity index (χ1v) is 11.6. The van der Waals surface area contributed by atoms with Crippen molar-refractivity contribution in [1.82, 2.24) is 0 Å². The highest BCUT2D eigenvalue weighted by Crippen LogP contribution is 2.67. The predicted octanol–water partition coefficient (Wildman–Crippen LogP) is -0.143. The molecule has 7 unspecified atom stereocenters. The van der Waals surface area contributed by atoms with Crippen LogP contribution in [0.15, 0.2) is 0 Å². The number of hydrogen-bond donors (Lipinski definition) is 5. The molecule has 17 heteroatoms. The van der Waals surface area contributed by atoms with Crippen LogP contribution in [0.1, 0.15) is 13.8 Å². The molecular weight excluding hydrogens is 425 g/mol. The molecule has 0 aromatic rings. The molecule has 0 aromatic heterocycles. The van der Waals surface area contributed by atoms with Gasteiger partial charge in [0.1, 0.15) is 18.3 Å². The summed E-state index contributed by atoms with van der Waals surface area (Å²) in [5, 5.41) is 19.1. The Morgan fingerprint density at radius 1 is 0.923 bits per heavy atom. The zero-order chi connectivity index (χ0) is 20.2. The number of aliphatic hydroxyl groups excluding tert-OH is 2. The van der Waals surface area contributed by atoms with Crippen molar-refractivity contribution in [2.45, 2.75) is 38.3 Å². The van der Waals surface area contributed by atoms with E-state index in [2.05, 4.69) is 22.4 Å². The van der Waals surface area contributed by atoms with Crippen LogP contribution in [0.2, 0.25) is 0 Å². The number of aliphatic hydroxyl groups is 2. The predicted molar refractivity (Wildman–Crippen MR) is 81.5 cm³/mol. The minimum Gasteiger partial charge on any atom is -0.388 e. The molecule has 26 heavy (non-hydrogen) atoms. The first-order chi connectivity index (χ1) is 11.8. The maximum atomic E-state index is 11.7. The lowest BCUT2D eigenvalue weighted by Gasteiger charge is -2.20. The second kappa shape index (κ2) is 9.64. The lowest BCUT2D eigenvalue weighted by atomic mass is 10.1. The SMILES string of the molecule is CCOCOP(=O)(O)OP(=O)(O)OP(=O)(O)OCC1OC(C)C(O)C1O. The van der Waals surface area contributed by atoms with Crippen LogP contribution in [0, 0.1) is 0 Å². The molecule has 0 radical (unpaired) electrons. The molecule has 156 valence electrons. The van der Waals surface area contributed by atoms with Crippen LogP contribution < -0.4 is 0 Å². The fourth-order valence-electron chi connectivity index (χ4n) is 1.75. The van der Waals surface area contributed by atoms with Crippen molar-refractivity contribution in [3.05, 3.63) is 0 Å². The van der Waals surface area contributed by atoms with E-state index in [0.717, 1.165) is 0 Å². The van der Waals surface area contributed by atoms with E-state index >= 15 is 0 Å². The minimum atomic E-state index is -5.57. The second-order valence-electron chi connectivity index (χ2n) is 4.97. The maximum absolute atomic E-state index is 11.7. The van der Waals surface area contributed by atoms with Gasteiger partial charge in [0.25, 0.3) is 0 Å². The Kier molecular flexibility index (Phi) is 9.00. The quantitative estimate of drug-likeness (QED) is 0.159. The van der Waals surface area contributed by atoms with Gasteiger partial charge in [0.15, 0.2) is 6.79 Å². The van der Waals surface area contributed by atoms with Gasteiger partial charge in [0.05, 0.1) is 12.7 Å². The summed E-state index contributed by atoms with van der Waals surface area (Å²) in [6.07, 6.45) is -4.71. The minimum absolute atomic E-state index is 0.107. The Morgan fingerprint density at radius 3 is 1.92 bits per heavy atom. The summed E-state index contributed by atoms with van der Waals surface area (Å²) >= 11 is 0. The zero-order valence-corrected chi connectivity index (χ0v) is 16.4. The standard InChI is InChI=1S/C9H21O14P3/c1-3-18-5-20-25(14,15)23-26(16,17)22-24(12,13)19-4-7-9(11)8(10)6(2)21-7/h6-11H,3-5H2,1-2H3,(H,12,13)(H,14,15)(H,16,17). The van der Waals surface area contributed by atoms with Gasteiger partial charge in [-0.25, -0.2) is 13.7 Å². The number of hydrogen-bond acceptors (Lipinski definition) is 11. The van der Waals surface area contributed by atoms with Gasteiger partial charge in [-0.15, -0.1) is 0 Å². The van der Waals surface area contributed by atoms with Gasteiger partial charge in [0, 0.05) is 6.61 Å². The molecule has 1 rings (SSSR count). The third-order valence-electron chi connectivity index (χ3n) is 2.92. The first kappa shape index (κ1) is 24.3. The lowest BCUT2D eigenvalue weighted by molar-refractivity contribution is -0.0171. The van der Waals surface area contributed by atoms with Crippen LogP contribution in [-0.2, 0) is 40.8 Å². The molecule has 1 saturated heterocycles. The highest BCUT2D eigenvalue weighted by Gasteiger charge is 2.45. The summed E-state index contributed by atoms with van der Waals surface area (Å²) in [6, 6.07) is 0. The van der Waals surface area contributed by atoms with E-state index in [1.165, 1.54) is 13.8 Å². The molecule has 0 aliphatic carbocycles. The van der Waals surface area contributed by atoms with Gasteiger partial charge in [0.2, 0.25) is 0 Å². The van der Waals surface area contributed by atoms with Crippen LogP contribution in [0.4, 0.5) is 0 Å². The molecule has 0 bridgehead atoms. The smallest absolute Gasteiger partial charge is 0.388 e. The van der Waals surface area contributed by atoms with E-state index in [1.807, 2.05) is 0 Å². The third-order valence-corrected chi connectivity index (χ3v) is 7.13. The van der Waals surface area contributed by atoms with Gasteiger partial charge >= 0.3 is 23.5 Å². The average molecular weight is 446 g/mol. The number of phosphoric ester groups is 2. The van der Waals surface area contributed by atoms with Crippen molar-refractivity contribution in [3.63, 3.8) is 0 Å². The number of rotatable bonds is 11. The molecule has 1 aliphatic rings. The number of phosphoric acid groups is 3. The van der Waals surface area contributed by atoms with Crippen molar-refractivity contribution in [1.29, 1.82) is 0 Å². The largest absolute Gasteiger partial charge is 0.490 e. The van der Waals surface area contributed by atoms with E-state index < -0.39 is 61.3 Å². The third kappa shape index (κ3) is 8.09. The van der Waals surface area contributed by atoms with Gasteiger partial charge in [-0.2, -0.15) is 8.62 Å². The van der Waals surface area contributed by atoms with Gasteiger partial charge in [-0.05, 0) is 13.8 Å². The fraction of sp³-hybridized carbons (Fsp3) is 1.00. The molecule has 5 N–H and O–H groups in total. The molecule has 14 nitrogen and oxygen atoms in total. The van der Waals surface area contributed by atoms with E-state index in [1.54, 1.807) is 0 Å². The van der Waals surface area contributed by atoms with Crippen LogP contribution >= 0.6 is 23.5 Å². The molecular formula is C9H21O14P3. The monoisotopic (exact) mass is 446 g/mol. The Balaban J connectivity index is 2.57. The van der Waals surface area contributed by atoms with Crippen molar-refractivity contribution in [3.8, 4) is 0 Å². The maximum Gasteiger partial charge on any atom is 0.490 e. The summed E-state index contributed by atoms with van der Waals surface area (Å²) in [5.74, 6) is 0. The van der Waals surface area contributed by atoms with Crippen molar-refractivity contribution in [2.24, 2.45) is 0 Å². The van der Waals surface area contributed by atoms with E-state index in [9.17, 15) is 38.6 Å². The Morgan fingerprint density at radius 2 is 1.46 bits per heavy atom. The van der Waals surface area contributed by atoms with Gasteiger partial charge in [-0.1, -0.05) is 0 Å². The molecule has 0 saturated carbocycles. The zero-order valence-electron chi connectivity index (χ0n) is 13.7. The summed E-state index contributed by atoms with van der Waals surface area (Å²) in [6.45, 7) is 1.52. The summed E-state index contributed by atoms with van der Waals surface area (Å²) in [4.78, 5) is 27.9. The highest BCUT2D eigenvalue weighted by atomic mass is 31.3. The highest BCUT2D eigenvalue weighted by molar-refractivity contribution is 7.66. The molecule has 1 aliphatic heterocycles. The fourth-order valence-corrected chi connectivity index (χ4v) is 5.14. The molecule has 0 amide bonds. The van der Waals surface area contributed by atoms with Crippen LogP contribution in [-0.4, -0.2) is 69.3 Å². The summed E-state index contributed by atoms with van der Waals surface area (Å²) in [5.41, 5.74) is 0. The average Bonchev–Trinajstić information content (AvgIpc) is 2.70. The normalized spacial score (nSPS) is 33.3. The molecule has 0 aromatic carbocycles. The van der Waals surface area contributed by atoms with Crippen LogP contribution in [0.5, 0.6) is 0 Å². The van der Waals surface area contributed by atoms with Gasteiger partial charge in [-0.3, -0.25) is 9.05 Å². The van der Waals surface area contributed by atoms with E-state index in [4.69, 9.17) is 4.74 Å². The Labute approximate surface area is 148 Å². The lowest BCUT2D eigenvalue weighted by Crippen LogP contribution is -2.33. The molecule has 7 atom stereocenters. The second-order valence-corrected chi connectivity index (χ2v) is 9.60. The van der Waals surface area contributed by atoms with E-state index in [0.29, 0.717) is 0 Å². The summed E-state index contributed by atoms with van der Waals surface area (Å²) in [7, 11) is -16.0. The summed E-state index contributed by atoms with van der Waals surface area (Å²) < 4.78 is 60.4. The first-order valence-electron chi connectivity index (χ1n) is 7.08. The van der Waals surface area contributed by atoms with E-state index in [-0.39, 0.29) is 6.61 Å². The Bertz CT molecular complexity index is 596. The van der Waals surface area contributed by atoms with Crippen molar-refractivity contribution >= 4 is 23.5 Å². The molecule has 1 heterocycles. The van der Waals surface area contributed by atoms with Gasteiger partial charge < -0.3 is 34.4 Å². The molecule has 1 fully saturated rings. The molecule has 0 spiro atoms. The van der Waals surface area contributed by atoms with Crippen molar-refractivity contribution in [2.75, 3.05) is 20.0 Å². The van der Waals surface area contributed by atoms with Crippen LogP contribution in [0.25, 0.3) is 0 Å². The van der Waals surface area contributed by atoms with Crippen LogP contribution in [0.3, 0.4) is 0 Å². The van der Waals surface area contributed by atoms with Crippen molar-refractivity contribution < 1.29 is 65.7 Å². The topological polar surface area (TPSA) is 208 Å².